The molecule has 16 heavy (non-hydrogen) atoms. The van der Waals surface area contributed by atoms with Gasteiger partial charge in [0, 0.05) is 32.7 Å². The fourth-order valence-corrected chi connectivity index (χ4v) is 2.00. The minimum absolute atomic E-state index is 0.0556. The van der Waals surface area contributed by atoms with E-state index in [1.807, 2.05) is 0 Å². The first-order valence-electron chi connectivity index (χ1n) is 5.48. The van der Waals surface area contributed by atoms with E-state index in [2.05, 4.69) is 21.9 Å². The van der Waals surface area contributed by atoms with Crippen LogP contribution in [0.15, 0.2) is 6.20 Å². The van der Waals surface area contributed by atoms with Crippen LogP contribution in [0.2, 0.25) is 5.15 Å². The molecule has 1 aromatic rings. The summed E-state index contributed by atoms with van der Waals surface area (Å²) in [5.74, 6) is 0.0556. The van der Waals surface area contributed by atoms with E-state index in [-0.39, 0.29) is 5.75 Å². The van der Waals surface area contributed by atoms with Crippen LogP contribution in [0.3, 0.4) is 0 Å². The molecule has 0 aromatic carbocycles. The first-order valence-corrected chi connectivity index (χ1v) is 5.86. The average Bonchev–Trinajstić information content (AvgIpc) is 2.60. The molecule has 0 radical (unpaired) electrons. The second kappa shape index (κ2) is 5.03. The summed E-state index contributed by atoms with van der Waals surface area (Å²) in [6.07, 6.45) is 1.38. The van der Waals surface area contributed by atoms with E-state index in [9.17, 15) is 5.11 Å². The van der Waals surface area contributed by atoms with Crippen LogP contribution >= 0.6 is 11.6 Å². The Hall–Kier alpha value is -0.780. The summed E-state index contributed by atoms with van der Waals surface area (Å²) in [6.45, 7) is 6.04. The second-order valence-corrected chi connectivity index (χ2v) is 4.55. The normalized spacial score (nSPS) is 19.1. The summed E-state index contributed by atoms with van der Waals surface area (Å²) in [5.41, 5.74) is 0. The molecule has 1 N–H and O–H groups in total. The van der Waals surface area contributed by atoms with Crippen molar-refractivity contribution in [3.05, 3.63) is 11.3 Å². The van der Waals surface area contributed by atoms with E-state index >= 15 is 0 Å². The lowest BCUT2D eigenvalue weighted by atomic mass is 10.3. The minimum atomic E-state index is 0.0556. The highest BCUT2D eigenvalue weighted by atomic mass is 35.5. The third kappa shape index (κ3) is 2.66. The molecule has 0 saturated carbocycles. The van der Waals surface area contributed by atoms with Crippen molar-refractivity contribution in [2.24, 2.45) is 0 Å². The summed E-state index contributed by atoms with van der Waals surface area (Å²) in [5, 5.41) is 13.6. The van der Waals surface area contributed by atoms with Crippen molar-refractivity contribution >= 4 is 11.6 Å². The lowest BCUT2D eigenvalue weighted by Crippen LogP contribution is -2.45. The summed E-state index contributed by atoms with van der Waals surface area (Å²) in [6, 6.07) is 0. The van der Waals surface area contributed by atoms with E-state index in [4.69, 9.17) is 11.6 Å². The largest absolute Gasteiger partial charge is 0.504 e. The molecule has 0 amide bonds. The second-order valence-electron chi connectivity index (χ2n) is 4.19. The van der Waals surface area contributed by atoms with Crippen LogP contribution < -0.4 is 0 Å². The van der Waals surface area contributed by atoms with Crippen molar-refractivity contribution < 1.29 is 5.11 Å². The fourth-order valence-electron chi connectivity index (χ4n) is 1.82. The zero-order valence-electron chi connectivity index (χ0n) is 9.43. The van der Waals surface area contributed by atoms with Crippen molar-refractivity contribution in [1.82, 2.24) is 19.6 Å². The van der Waals surface area contributed by atoms with Crippen LogP contribution in [0.25, 0.3) is 0 Å². The van der Waals surface area contributed by atoms with Crippen LogP contribution in [-0.2, 0) is 6.54 Å². The number of aromatic nitrogens is 2. The van der Waals surface area contributed by atoms with Crippen molar-refractivity contribution in [3.63, 3.8) is 0 Å². The Morgan fingerprint density at radius 1 is 1.31 bits per heavy atom. The van der Waals surface area contributed by atoms with Gasteiger partial charge in [-0.25, -0.2) is 4.68 Å². The lowest BCUT2D eigenvalue weighted by Gasteiger charge is -2.32. The Kier molecular flexibility index (Phi) is 3.68. The summed E-state index contributed by atoms with van der Waals surface area (Å²) >= 11 is 5.87. The first kappa shape index (κ1) is 11.7. The van der Waals surface area contributed by atoms with Gasteiger partial charge in [-0.05, 0) is 7.05 Å². The van der Waals surface area contributed by atoms with E-state index in [1.54, 1.807) is 4.68 Å². The third-order valence-electron chi connectivity index (χ3n) is 2.98. The van der Waals surface area contributed by atoms with Gasteiger partial charge >= 0.3 is 0 Å². The molecule has 1 fully saturated rings. The molecule has 0 bridgehead atoms. The molecule has 0 spiro atoms. The first-order chi connectivity index (χ1) is 7.66. The van der Waals surface area contributed by atoms with Gasteiger partial charge in [-0.2, -0.15) is 5.10 Å². The topological polar surface area (TPSA) is 44.5 Å². The number of aromatic hydroxyl groups is 1. The number of hydrogen-bond donors (Lipinski definition) is 1. The van der Waals surface area contributed by atoms with Crippen LogP contribution in [0.4, 0.5) is 0 Å². The van der Waals surface area contributed by atoms with E-state index in [0.29, 0.717) is 5.15 Å². The molecular formula is C10H17ClN4O. The molecular weight excluding hydrogens is 228 g/mol. The number of nitrogens with zero attached hydrogens (tertiary/aromatic N) is 4. The van der Waals surface area contributed by atoms with Gasteiger partial charge in [0.15, 0.2) is 10.9 Å². The molecule has 0 aliphatic carbocycles. The van der Waals surface area contributed by atoms with Crippen LogP contribution in [0.1, 0.15) is 0 Å². The monoisotopic (exact) mass is 244 g/mol. The van der Waals surface area contributed by atoms with Crippen molar-refractivity contribution in [2.75, 3.05) is 39.8 Å². The van der Waals surface area contributed by atoms with Gasteiger partial charge in [0.05, 0.1) is 12.7 Å². The highest BCUT2D eigenvalue weighted by molar-refractivity contribution is 6.30. The summed E-state index contributed by atoms with van der Waals surface area (Å²) < 4.78 is 1.63. The van der Waals surface area contributed by atoms with E-state index < -0.39 is 0 Å². The van der Waals surface area contributed by atoms with Crippen molar-refractivity contribution in [3.8, 4) is 5.75 Å². The molecule has 1 aromatic heterocycles. The van der Waals surface area contributed by atoms with Crippen LogP contribution in [0.5, 0.6) is 5.75 Å². The van der Waals surface area contributed by atoms with E-state index in [0.717, 1.165) is 39.3 Å². The maximum atomic E-state index is 9.28. The Labute approximate surface area is 100 Å². The van der Waals surface area contributed by atoms with Gasteiger partial charge in [0.1, 0.15) is 0 Å². The van der Waals surface area contributed by atoms with Gasteiger partial charge in [-0.3, -0.25) is 4.90 Å². The number of rotatable bonds is 3. The smallest absolute Gasteiger partial charge is 0.172 e. The molecule has 2 rings (SSSR count). The SMILES string of the molecule is CN1CCN(CCn2ncc(O)c2Cl)CC1. The summed E-state index contributed by atoms with van der Waals surface area (Å²) in [7, 11) is 2.14. The maximum absolute atomic E-state index is 9.28. The van der Waals surface area contributed by atoms with Gasteiger partial charge in [0.25, 0.3) is 0 Å². The predicted octanol–water partition coefficient (Wildman–Crippen LogP) is 0.489. The molecule has 5 nitrogen and oxygen atoms in total. The number of piperazine rings is 1. The lowest BCUT2D eigenvalue weighted by molar-refractivity contribution is 0.149. The molecule has 90 valence electrons. The van der Waals surface area contributed by atoms with E-state index in [1.165, 1.54) is 6.20 Å². The quantitative estimate of drug-likeness (QED) is 0.841. The number of halogens is 1. The molecule has 1 saturated heterocycles. The number of likely N-dealkylation sites (N-methyl/N-ethyl adjacent to an activating group) is 1. The average molecular weight is 245 g/mol. The number of hydrogen-bond acceptors (Lipinski definition) is 4. The Morgan fingerprint density at radius 2 is 2.00 bits per heavy atom. The van der Waals surface area contributed by atoms with Crippen LogP contribution in [0, 0.1) is 0 Å². The zero-order chi connectivity index (χ0) is 11.5. The zero-order valence-corrected chi connectivity index (χ0v) is 10.2. The van der Waals surface area contributed by atoms with Gasteiger partial charge < -0.3 is 10.0 Å². The molecule has 0 atom stereocenters. The Bertz CT molecular complexity index is 347. The Balaban J connectivity index is 1.81. The highest BCUT2D eigenvalue weighted by Crippen LogP contribution is 2.21. The fraction of sp³-hybridized carbons (Fsp3) is 0.700. The molecule has 6 heteroatoms. The Morgan fingerprint density at radius 3 is 2.56 bits per heavy atom. The summed E-state index contributed by atoms with van der Waals surface area (Å²) in [4.78, 5) is 4.71. The van der Waals surface area contributed by atoms with Crippen LogP contribution in [-0.4, -0.2) is 64.5 Å². The molecule has 1 aliphatic rings. The molecule has 2 heterocycles. The standard InChI is InChI=1S/C10H17ClN4O/c1-13-2-4-14(5-3-13)6-7-15-10(11)9(16)8-12-15/h8,16H,2-7H2,1H3. The van der Waals surface area contributed by atoms with Gasteiger partial charge in [0.2, 0.25) is 0 Å². The molecule has 0 unspecified atom stereocenters. The van der Waals surface area contributed by atoms with Crippen molar-refractivity contribution in [1.29, 1.82) is 0 Å². The predicted molar refractivity (Wildman–Crippen MR) is 62.8 cm³/mol. The van der Waals surface area contributed by atoms with Gasteiger partial charge in [-0.1, -0.05) is 11.6 Å². The van der Waals surface area contributed by atoms with Gasteiger partial charge in [-0.15, -0.1) is 0 Å². The highest BCUT2D eigenvalue weighted by Gasteiger charge is 2.14. The van der Waals surface area contributed by atoms with Crippen molar-refractivity contribution in [2.45, 2.75) is 6.54 Å². The maximum Gasteiger partial charge on any atom is 0.172 e. The third-order valence-corrected chi connectivity index (χ3v) is 3.37. The molecule has 1 aliphatic heterocycles. The minimum Gasteiger partial charge on any atom is -0.504 e.